The van der Waals surface area contributed by atoms with Crippen LogP contribution in [0.1, 0.15) is 37.9 Å². The summed E-state index contributed by atoms with van der Waals surface area (Å²) >= 11 is 0. The van der Waals surface area contributed by atoms with Crippen molar-refractivity contribution in [1.29, 1.82) is 0 Å². The molecule has 3 nitrogen and oxygen atoms in total. The van der Waals surface area contributed by atoms with Gasteiger partial charge in [0.15, 0.2) is 0 Å². The Kier molecular flexibility index (Phi) is 7.31. The minimum Gasteiger partial charge on any atom is -0.374 e. The SMILES string of the molecule is C=CCCCN(C)c1cc(C)ncc1CNCC(C)C. The zero-order chi connectivity index (χ0) is 15.0. The fraction of sp³-hybridized carbons (Fsp3) is 0.588. The van der Waals surface area contributed by atoms with E-state index in [-0.39, 0.29) is 0 Å². The number of unbranched alkanes of at least 4 members (excludes halogenated alkanes) is 1. The molecular formula is C17H29N3. The lowest BCUT2D eigenvalue weighted by Crippen LogP contribution is -2.24. The van der Waals surface area contributed by atoms with Gasteiger partial charge in [-0.25, -0.2) is 0 Å². The molecule has 0 amide bonds. The van der Waals surface area contributed by atoms with Gasteiger partial charge in [0, 0.05) is 43.3 Å². The summed E-state index contributed by atoms with van der Waals surface area (Å²) in [5.74, 6) is 0.669. The highest BCUT2D eigenvalue weighted by atomic mass is 15.1. The van der Waals surface area contributed by atoms with Gasteiger partial charge in [0.2, 0.25) is 0 Å². The van der Waals surface area contributed by atoms with Crippen LogP contribution in [0.5, 0.6) is 0 Å². The predicted molar refractivity (Wildman–Crippen MR) is 88.2 cm³/mol. The smallest absolute Gasteiger partial charge is 0.0442 e. The number of hydrogen-bond acceptors (Lipinski definition) is 3. The van der Waals surface area contributed by atoms with Gasteiger partial charge in [0.05, 0.1) is 0 Å². The largest absolute Gasteiger partial charge is 0.374 e. The first-order valence-electron chi connectivity index (χ1n) is 7.52. The van der Waals surface area contributed by atoms with E-state index < -0.39 is 0 Å². The molecule has 0 radical (unpaired) electrons. The maximum atomic E-state index is 4.43. The van der Waals surface area contributed by atoms with Crippen LogP contribution in [0.2, 0.25) is 0 Å². The Labute approximate surface area is 124 Å². The average Bonchev–Trinajstić information content (AvgIpc) is 2.40. The first-order valence-corrected chi connectivity index (χ1v) is 7.52. The summed E-state index contributed by atoms with van der Waals surface area (Å²) in [4.78, 5) is 6.76. The highest BCUT2D eigenvalue weighted by molar-refractivity contribution is 5.53. The number of aryl methyl sites for hydroxylation is 1. The van der Waals surface area contributed by atoms with E-state index in [1.165, 1.54) is 11.3 Å². The summed E-state index contributed by atoms with van der Waals surface area (Å²) in [6, 6.07) is 2.18. The van der Waals surface area contributed by atoms with Gasteiger partial charge in [0.1, 0.15) is 0 Å². The Hall–Kier alpha value is -1.35. The fourth-order valence-electron chi connectivity index (χ4n) is 2.15. The summed E-state index contributed by atoms with van der Waals surface area (Å²) in [7, 11) is 2.16. The second kappa shape index (κ2) is 8.75. The molecule has 0 aliphatic rings. The number of pyridine rings is 1. The van der Waals surface area contributed by atoms with E-state index in [1.807, 2.05) is 19.2 Å². The summed E-state index contributed by atoms with van der Waals surface area (Å²) in [6.45, 7) is 13.2. The standard InChI is InChI=1S/C17H29N3/c1-6-7-8-9-20(5)17-10-15(4)19-13-16(17)12-18-11-14(2)3/h6,10,13-14,18H,1,7-9,11-12H2,2-5H3. The van der Waals surface area contributed by atoms with Crippen LogP contribution in [0.3, 0.4) is 0 Å². The molecule has 0 spiro atoms. The van der Waals surface area contributed by atoms with Crippen LogP contribution < -0.4 is 10.2 Å². The first-order chi connectivity index (χ1) is 9.54. The van der Waals surface area contributed by atoms with E-state index >= 15 is 0 Å². The zero-order valence-electron chi connectivity index (χ0n) is 13.4. The highest BCUT2D eigenvalue weighted by Crippen LogP contribution is 2.20. The topological polar surface area (TPSA) is 28.2 Å². The number of hydrogen-bond donors (Lipinski definition) is 1. The number of nitrogens with zero attached hydrogens (tertiary/aromatic N) is 2. The van der Waals surface area contributed by atoms with Gasteiger partial charge in [-0.3, -0.25) is 4.98 Å². The Bertz CT molecular complexity index is 413. The highest BCUT2D eigenvalue weighted by Gasteiger charge is 2.08. The molecule has 20 heavy (non-hydrogen) atoms. The molecule has 0 aliphatic heterocycles. The number of rotatable bonds is 9. The maximum absolute atomic E-state index is 4.43. The van der Waals surface area contributed by atoms with Crippen LogP contribution in [0.25, 0.3) is 0 Å². The Morgan fingerprint density at radius 2 is 2.20 bits per heavy atom. The van der Waals surface area contributed by atoms with Gasteiger partial charge in [0.25, 0.3) is 0 Å². The van der Waals surface area contributed by atoms with Crippen molar-refractivity contribution in [2.24, 2.45) is 5.92 Å². The van der Waals surface area contributed by atoms with Crippen molar-refractivity contribution in [3.05, 3.63) is 36.2 Å². The number of nitrogens with one attached hydrogen (secondary N) is 1. The molecule has 0 saturated heterocycles. The number of aromatic nitrogens is 1. The molecule has 0 atom stereocenters. The maximum Gasteiger partial charge on any atom is 0.0442 e. The Balaban J connectivity index is 2.70. The van der Waals surface area contributed by atoms with Crippen LogP contribution in [0, 0.1) is 12.8 Å². The molecule has 1 heterocycles. The van der Waals surface area contributed by atoms with Crippen molar-refractivity contribution < 1.29 is 0 Å². The molecule has 0 unspecified atom stereocenters. The van der Waals surface area contributed by atoms with E-state index in [4.69, 9.17) is 0 Å². The lowest BCUT2D eigenvalue weighted by molar-refractivity contribution is 0.551. The van der Waals surface area contributed by atoms with Crippen LogP contribution >= 0.6 is 0 Å². The second-order valence-corrected chi connectivity index (χ2v) is 5.83. The van der Waals surface area contributed by atoms with E-state index in [9.17, 15) is 0 Å². The van der Waals surface area contributed by atoms with Crippen LogP contribution in [0.15, 0.2) is 24.9 Å². The molecule has 1 N–H and O–H groups in total. The van der Waals surface area contributed by atoms with Crippen LogP contribution in [-0.2, 0) is 6.54 Å². The van der Waals surface area contributed by atoms with E-state index in [1.54, 1.807) is 0 Å². The third-order valence-corrected chi connectivity index (χ3v) is 3.28. The van der Waals surface area contributed by atoms with Gasteiger partial charge < -0.3 is 10.2 Å². The molecule has 0 fully saturated rings. The summed E-state index contributed by atoms with van der Waals surface area (Å²) in [6.07, 6.45) is 6.19. The molecule has 0 aromatic carbocycles. The van der Waals surface area contributed by atoms with Gasteiger partial charge in [-0.05, 0) is 38.3 Å². The molecule has 1 rings (SSSR count). The summed E-state index contributed by atoms with van der Waals surface area (Å²) in [5.41, 5.74) is 3.64. The zero-order valence-corrected chi connectivity index (χ0v) is 13.4. The third kappa shape index (κ3) is 5.74. The second-order valence-electron chi connectivity index (χ2n) is 5.83. The fourth-order valence-corrected chi connectivity index (χ4v) is 2.15. The molecule has 1 aromatic heterocycles. The predicted octanol–water partition coefficient (Wildman–Crippen LogP) is 3.54. The molecule has 112 valence electrons. The minimum absolute atomic E-state index is 0.669. The van der Waals surface area contributed by atoms with Crippen molar-refractivity contribution in [3.8, 4) is 0 Å². The van der Waals surface area contributed by atoms with Gasteiger partial charge in [-0.1, -0.05) is 19.9 Å². The molecule has 3 heteroatoms. The van der Waals surface area contributed by atoms with Crippen molar-refractivity contribution in [1.82, 2.24) is 10.3 Å². The molecular weight excluding hydrogens is 246 g/mol. The normalized spacial score (nSPS) is 10.8. The number of anilines is 1. The lowest BCUT2D eigenvalue weighted by Gasteiger charge is -2.23. The van der Waals surface area contributed by atoms with Gasteiger partial charge in [-0.15, -0.1) is 6.58 Å². The average molecular weight is 275 g/mol. The van der Waals surface area contributed by atoms with E-state index in [0.717, 1.165) is 38.2 Å². The molecule has 0 bridgehead atoms. The van der Waals surface area contributed by atoms with Crippen molar-refractivity contribution in [2.75, 3.05) is 25.0 Å². The summed E-state index contributed by atoms with van der Waals surface area (Å²) in [5, 5.41) is 3.50. The first kappa shape index (κ1) is 16.7. The van der Waals surface area contributed by atoms with Gasteiger partial charge in [-0.2, -0.15) is 0 Å². The summed E-state index contributed by atoms with van der Waals surface area (Å²) < 4.78 is 0. The molecule has 1 aromatic rings. The van der Waals surface area contributed by atoms with E-state index in [2.05, 4.69) is 48.7 Å². The van der Waals surface area contributed by atoms with Crippen molar-refractivity contribution in [2.45, 2.75) is 40.2 Å². The van der Waals surface area contributed by atoms with E-state index in [0.29, 0.717) is 5.92 Å². The molecule has 0 aliphatic carbocycles. The van der Waals surface area contributed by atoms with Crippen LogP contribution in [-0.4, -0.2) is 25.1 Å². The monoisotopic (exact) mass is 275 g/mol. The minimum atomic E-state index is 0.669. The third-order valence-electron chi connectivity index (χ3n) is 3.28. The molecule has 0 saturated carbocycles. The lowest BCUT2D eigenvalue weighted by atomic mass is 10.1. The van der Waals surface area contributed by atoms with Crippen LogP contribution in [0.4, 0.5) is 5.69 Å². The Morgan fingerprint density at radius 3 is 2.85 bits per heavy atom. The van der Waals surface area contributed by atoms with Crippen molar-refractivity contribution in [3.63, 3.8) is 0 Å². The Morgan fingerprint density at radius 1 is 1.45 bits per heavy atom. The quantitative estimate of drug-likeness (QED) is 0.552. The van der Waals surface area contributed by atoms with Crippen molar-refractivity contribution >= 4 is 5.69 Å². The number of allylic oxidation sites excluding steroid dienone is 1. The van der Waals surface area contributed by atoms with Gasteiger partial charge >= 0.3 is 0 Å².